The van der Waals surface area contributed by atoms with E-state index in [-0.39, 0.29) is 25.7 Å². The van der Waals surface area contributed by atoms with Crippen molar-refractivity contribution >= 4 is 13.7 Å². The van der Waals surface area contributed by atoms with E-state index in [1.807, 2.05) is 0 Å². The normalized spacial score (nSPS) is 14.2. The molecule has 1 amide bonds. The molecule has 9 heteroatoms. The van der Waals surface area contributed by atoms with Crippen LogP contribution < -0.4 is 11.1 Å². The summed E-state index contributed by atoms with van der Waals surface area (Å²) in [5, 5.41) is 13.8. The number of aliphatic hydroxyl groups excluding tert-OH is 1. The van der Waals surface area contributed by atoms with E-state index in [1.54, 1.807) is 0 Å². The first-order valence-electron chi connectivity index (χ1n) is 24.0. The molecule has 0 bridgehead atoms. The van der Waals surface area contributed by atoms with Gasteiger partial charge in [-0.2, -0.15) is 0 Å². The SMILES string of the molecule is CCCCCC/C=C\C/C=C\CCCCCCCCCC(=O)NC(COP(=O)(O)OCCN)C(O)CCCCCCCCCCCCCCCCCCCCC. The van der Waals surface area contributed by atoms with Gasteiger partial charge in [0.1, 0.15) is 0 Å². The number of carbonyl (C=O) groups is 1. The van der Waals surface area contributed by atoms with E-state index in [4.69, 9.17) is 14.8 Å². The van der Waals surface area contributed by atoms with Crippen molar-refractivity contribution in [3.05, 3.63) is 24.3 Å². The molecule has 332 valence electrons. The third-order valence-electron chi connectivity index (χ3n) is 10.8. The minimum Gasteiger partial charge on any atom is -0.391 e. The largest absolute Gasteiger partial charge is 0.472 e. The number of phosphoric ester groups is 1. The minimum atomic E-state index is -4.32. The maximum atomic E-state index is 12.8. The summed E-state index contributed by atoms with van der Waals surface area (Å²) in [6.45, 7) is 4.21. The number of allylic oxidation sites excluding steroid dienone is 4. The highest BCUT2D eigenvalue weighted by Gasteiger charge is 2.27. The van der Waals surface area contributed by atoms with E-state index in [1.165, 1.54) is 161 Å². The maximum Gasteiger partial charge on any atom is 0.472 e. The molecule has 0 heterocycles. The Hall–Kier alpha value is -1.02. The van der Waals surface area contributed by atoms with Crippen LogP contribution in [0.3, 0.4) is 0 Å². The zero-order chi connectivity index (χ0) is 41.1. The lowest BCUT2D eigenvalue weighted by Gasteiger charge is -2.25. The molecule has 0 fully saturated rings. The van der Waals surface area contributed by atoms with Crippen LogP contribution in [0, 0.1) is 0 Å². The number of unbranched alkanes of at least 4 members (excludes halogenated alkanes) is 29. The van der Waals surface area contributed by atoms with Gasteiger partial charge >= 0.3 is 7.82 Å². The highest BCUT2D eigenvalue weighted by molar-refractivity contribution is 7.47. The number of rotatable bonds is 45. The molecule has 0 aliphatic heterocycles. The second-order valence-corrected chi connectivity index (χ2v) is 17.8. The van der Waals surface area contributed by atoms with Crippen LogP contribution in [0.1, 0.15) is 239 Å². The van der Waals surface area contributed by atoms with E-state index in [0.717, 1.165) is 51.4 Å². The van der Waals surface area contributed by atoms with Crippen molar-refractivity contribution in [3.63, 3.8) is 0 Å². The van der Waals surface area contributed by atoms with Gasteiger partial charge in [-0.15, -0.1) is 0 Å². The molecule has 0 spiro atoms. The molecule has 0 saturated carbocycles. The molecule has 0 aromatic carbocycles. The van der Waals surface area contributed by atoms with Crippen LogP contribution in [0.15, 0.2) is 24.3 Å². The lowest BCUT2D eigenvalue weighted by atomic mass is 10.0. The van der Waals surface area contributed by atoms with E-state index >= 15 is 0 Å². The number of hydrogen-bond donors (Lipinski definition) is 4. The van der Waals surface area contributed by atoms with Crippen LogP contribution >= 0.6 is 7.82 Å². The van der Waals surface area contributed by atoms with Gasteiger partial charge < -0.3 is 21.1 Å². The number of aliphatic hydroxyl groups is 1. The quantitative estimate of drug-likeness (QED) is 0.0273. The Morgan fingerprint density at radius 2 is 0.982 bits per heavy atom. The van der Waals surface area contributed by atoms with Gasteiger partial charge in [0.2, 0.25) is 5.91 Å². The Balaban J connectivity index is 4.10. The van der Waals surface area contributed by atoms with Gasteiger partial charge in [0.05, 0.1) is 25.4 Å². The van der Waals surface area contributed by atoms with Crippen molar-refractivity contribution in [2.24, 2.45) is 5.73 Å². The van der Waals surface area contributed by atoms with E-state index in [0.29, 0.717) is 12.8 Å². The van der Waals surface area contributed by atoms with Gasteiger partial charge in [-0.05, 0) is 44.9 Å². The van der Waals surface area contributed by atoms with Crippen molar-refractivity contribution < 1.29 is 28.4 Å². The number of nitrogens with one attached hydrogen (secondary N) is 1. The lowest BCUT2D eigenvalue weighted by Crippen LogP contribution is -2.46. The number of nitrogens with two attached hydrogens (primary N) is 1. The van der Waals surface area contributed by atoms with Crippen LogP contribution in [0.2, 0.25) is 0 Å². The summed E-state index contributed by atoms with van der Waals surface area (Å²) in [7, 11) is -4.32. The molecule has 3 atom stereocenters. The average Bonchev–Trinajstić information content (AvgIpc) is 3.19. The van der Waals surface area contributed by atoms with Crippen molar-refractivity contribution in [3.8, 4) is 0 Å². The van der Waals surface area contributed by atoms with Gasteiger partial charge in [0, 0.05) is 13.0 Å². The molecule has 0 aliphatic carbocycles. The van der Waals surface area contributed by atoms with Crippen LogP contribution in [0.5, 0.6) is 0 Å². The van der Waals surface area contributed by atoms with E-state index < -0.39 is 20.0 Å². The fraction of sp³-hybridized carbons (Fsp3) is 0.894. The summed E-state index contributed by atoms with van der Waals surface area (Å²) in [6, 6.07) is -0.777. The molecule has 0 aromatic heterocycles. The molecule has 0 aliphatic rings. The van der Waals surface area contributed by atoms with Crippen molar-refractivity contribution in [1.29, 1.82) is 0 Å². The Morgan fingerprint density at radius 3 is 1.43 bits per heavy atom. The van der Waals surface area contributed by atoms with E-state index in [9.17, 15) is 19.4 Å². The Morgan fingerprint density at radius 1 is 0.589 bits per heavy atom. The standard InChI is InChI=1S/C47H93N2O6P/c1-3-5-7-9-11-13-15-17-19-21-23-24-26-28-30-32-34-36-38-40-46(50)45(44-55-56(52,53)54-43-42-48)49-47(51)41-39-37-35-33-31-29-27-25-22-20-18-16-14-12-10-8-6-4-2/h14,16,20,22,45-46,50H,3-13,15,17-19,21,23-44,48H2,1-2H3,(H,49,51)(H,52,53)/b16-14-,22-20-. The Labute approximate surface area is 347 Å². The molecular formula is C47H93N2O6P. The van der Waals surface area contributed by atoms with Gasteiger partial charge in [-0.3, -0.25) is 13.8 Å². The number of hydrogen-bond acceptors (Lipinski definition) is 6. The van der Waals surface area contributed by atoms with Crippen LogP contribution in [0.4, 0.5) is 0 Å². The molecule has 5 N–H and O–H groups in total. The van der Waals surface area contributed by atoms with Crippen molar-refractivity contribution in [1.82, 2.24) is 5.32 Å². The van der Waals surface area contributed by atoms with Crippen LogP contribution in [-0.4, -0.2) is 47.8 Å². The molecule has 0 radical (unpaired) electrons. The van der Waals surface area contributed by atoms with Gasteiger partial charge in [0.25, 0.3) is 0 Å². The third-order valence-corrected chi connectivity index (χ3v) is 11.8. The molecule has 0 aromatic rings. The monoisotopic (exact) mass is 813 g/mol. The second-order valence-electron chi connectivity index (χ2n) is 16.3. The highest BCUT2D eigenvalue weighted by atomic mass is 31.2. The smallest absolute Gasteiger partial charge is 0.391 e. The lowest BCUT2D eigenvalue weighted by molar-refractivity contribution is -0.123. The topological polar surface area (TPSA) is 131 Å². The first kappa shape index (κ1) is 55.0. The summed E-state index contributed by atoms with van der Waals surface area (Å²) in [4.78, 5) is 22.8. The minimum absolute atomic E-state index is 0.0881. The molecule has 0 rings (SSSR count). The Kier molecular flexibility index (Phi) is 42.8. The fourth-order valence-corrected chi connectivity index (χ4v) is 7.93. The molecular weight excluding hydrogens is 719 g/mol. The third kappa shape index (κ3) is 41.2. The average molecular weight is 813 g/mol. The van der Waals surface area contributed by atoms with Gasteiger partial charge in [-0.1, -0.05) is 212 Å². The summed E-state index contributed by atoms with van der Waals surface area (Å²) in [5.74, 6) is -0.167. The predicted molar refractivity (Wildman–Crippen MR) is 240 cm³/mol. The first-order chi connectivity index (χ1) is 27.4. The summed E-state index contributed by atoms with van der Waals surface area (Å²) in [5.41, 5.74) is 5.39. The summed E-state index contributed by atoms with van der Waals surface area (Å²) in [6.07, 6.45) is 50.4. The highest BCUT2D eigenvalue weighted by Crippen LogP contribution is 2.43. The van der Waals surface area contributed by atoms with Crippen molar-refractivity contribution in [2.75, 3.05) is 19.8 Å². The Bertz CT molecular complexity index is 932. The fourth-order valence-electron chi connectivity index (χ4n) is 7.17. The first-order valence-corrected chi connectivity index (χ1v) is 25.4. The number of amides is 1. The predicted octanol–water partition coefficient (Wildman–Crippen LogP) is 13.7. The van der Waals surface area contributed by atoms with Crippen molar-refractivity contribution in [2.45, 2.75) is 251 Å². The zero-order valence-corrected chi connectivity index (χ0v) is 37.8. The van der Waals surface area contributed by atoms with Crippen LogP contribution in [-0.2, 0) is 18.4 Å². The molecule has 8 nitrogen and oxygen atoms in total. The van der Waals surface area contributed by atoms with Crippen LogP contribution in [0.25, 0.3) is 0 Å². The molecule has 0 saturated heterocycles. The number of phosphoric acid groups is 1. The molecule has 56 heavy (non-hydrogen) atoms. The second kappa shape index (κ2) is 43.6. The summed E-state index contributed by atoms with van der Waals surface area (Å²) >= 11 is 0. The number of carbonyl (C=O) groups excluding carboxylic acids is 1. The van der Waals surface area contributed by atoms with E-state index in [2.05, 4.69) is 43.5 Å². The maximum absolute atomic E-state index is 12.8. The zero-order valence-electron chi connectivity index (χ0n) is 36.9. The van der Waals surface area contributed by atoms with Gasteiger partial charge in [-0.25, -0.2) is 4.57 Å². The summed E-state index contributed by atoms with van der Waals surface area (Å²) < 4.78 is 22.2. The van der Waals surface area contributed by atoms with Gasteiger partial charge in [0.15, 0.2) is 0 Å². The molecule has 3 unspecified atom stereocenters.